The standard InChI is InChI=1S/C16H17NO6S/c1-11(2)12-4-6-13(7-5-12)23-24(20,21)16-9-8-14(22-3)10-15(16)17(18)19/h4-11H,1-3H3. The van der Waals surface area contributed by atoms with Crippen LogP contribution < -0.4 is 8.92 Å². The molecule has 2 rings (SSSR count). The molecule has 0 aliphatic carbocycles. The Morgan fingerprint density at radius 3 is 2.12 bits per heavy atom. The van der Waals surface area contributed by atoms with E-state index in [0.29, 0.717) is 5.92 Å². The summed E-state index contributed by atoms with van der Waals surface area (Å²) in [5.41, 5.74) is 0.420. The van der Waals surface area contributed by atoms with Crippen LogP contribution in [0.15, 0.2) is 47.4 Å². The average Bonchev–Trinajstić information content (AvgIpc) is 2.54. The lowest BCUT2D eigenvalue weighted by Gasteiger charge is -2.10. The highest BCUT2D eigenvalue weighted by Gasteiger charge is 2.28. The second kappa shape index (κ2) is 6.88. The van der Waals surface area contributed by atoms with Gasteiger partial charge in [0.05, 0.1) is 18.1 Å². The van der Waals surface area contributed by atoms with Crippen LogP contribution in [0.5, 0.6) is 11.5 Å². The summed E-state index contributed by atoms with van der Waals surface area (Å²) >= 11 is 0. The third kappa shape index (κ3) is 3.83. The van der Waals surface area contributed by atoms with Gasteiger partial charge in [-0.2, -0.15) is 8.42 Å². The minimum absolute atomic E-state index is 0.0875. The Hall–Kier alpha value is -2.61. The van der Waals surface area contributed by atoms with Gasteiger partial charge in [0.15, 0.2) is 4.90 Å². The maximum atomic E-state index is 12.4. The van der Waals surface area contributed by atoms with E-state index in [4.69, 9.17) is 8.92 Å². The number of ether oxygens (including phenoxy) is 1. The van der Waals surface area contributed by atoms with E-state index in [0.717, 1.165) is 17.7 Å². The third-order valence-electron chi connectivity index (χ3n) is 3.38. The van der Waals surface area contributed by atoms with Crippen LogP contribution in [0.25, 0.3) is 0 Å². The molecule has 0 radical (unpaired) electrons. The molecule has 8 heteroatoms. The minimum atomic E-state index is -4.34. The van der Waals surface area contributed by atoms with Crippen molar-refractivity contribution in [1.29, 1.82) is 0 Å². The van der Waals surface area contributed by atoms with Gasteiger partial charge in [0, 0.05) is 0 Å². The number of nitrogens with zero attached hydrogens (tertiary/aromatic N) is 1. The molecule has 0 aliphatic rings. The number of hydrogen-bond acceptors (Lipinski definition) is 6. The molecule has 2 aromatic carbocycles. The Kier molecular flexibility index (Phi) is 5.08. The highest BCUT2D eigenvalue weighted by atomic mass is 32.2. The van der Waals surface area contributed by atoms with Crippen LogP contribution in [-0.2, 0) is 10.1 Å². The maximum Gasteiger partial charge on any atom is 0.346 e. The largest absolute Gasteiger partial charge is 0.497 e. The predicted octanol–water partition coefficient (Wildman–Crippen LogP) is 3.49. The number of rotatable bonds is 6. The Morgan fingerprint density at radius 1 is 1.04 bits per heavy atom. The second-order valence-electron chi connectivity index (χ2n) is 5.35. The Bertz CT molecular complexity index is 843. The average molecular weight is 351 g/mol. The Labute approximate surface area is 140 Å². The quantitative estimate of drug-likeness (QED) is 0.449. The molecule has 0 fully saturated rings. The molecule has 0 amide bonds. The number of benzene rings is 2. The van der Waals surface area contributed by atoms with Gasteiger partial charge < -0.3 is 8.92 Å². The van der Waals surface area contributed by atoms with Crippen LogP contribution >= 0.6 is 0 Å². The molecule has 0 spiro atoms. The molecule has 0 aliphatic heterocycles. The van der Waals surface area contributed by atoms with Crippen LogP contribution in [0.1, 0.15) is 25.3 Å². The summed E-state index contributed by atoms with van der Waals surface area (Å²) in [6, 6.07) is 9.98. The van der Waals surface area contributed by atoms with Crippen molar-refractivity contribution in [2.45, 2.75) is 24.7 Å². The van der Waals surface area contributed by atoms with E-state index in [-0.39, 0.29) is 11.5 Å². The summed E-state index contributed by atoms with van der Waals surface area (Å²) in [5.74, 6) is 0.560. The topological polar surface area (TPSA) is 95.7 Å². The highest BCUT2D eigenvalue weighted by Crippen LogP contribution is 2.30. The van der Waals surface area contributed by atoms with Crippen molar-refractivity contribution in [1.82, 2.24) is 0 Å². The number of hydrogen-bond donors (Lipinski definition) is 0. The molecule has 0 saturated heterocycles. The summed E-state index contributed by atoms with van der Waals surface area (Å²) in [4.78, 5) is 9.82. The van der Waals surface area contributed by atoms with Crippen molar-refractivity contribution in [2.75, 3.05) is 7.11 Å². The van der Waals surface area contributed by atoms with Crippen LogP contribution in [0.3, 0.4) is 0 Å². The summed E-state index contributed by atoms with van der Waals surface area (Å²) in [6.45, 7) is 4.01. The summed E-state index contributed by atoms with van der Waals surface area (Å²) < 4.78 is 34.7. The van der Waals surface area contributed by atoms with Crippen molar-refractivity contribution in [3.05, 3.63) is 58.1 Å². The molecular formula is C16H17NO6S. The monoisotopic (exact) mass is 351 g/mol. The first-order valence-corrected chi connectivity index (χ1v) is 8.52. The van der Waals surface area contributed by atoms with E-state index in [2.05, 4.69) is 0 Å². The molecule has 128 valence electrons. The summed E-state index contributed by atoms with van der Waals surface area (Å²) in [7, 11) is -3.01. The molecule has 0 atom stereocenters. The minimum Gasteiger partial charge on any atom is -0.497 e. The molecular weight excluding hydrogens is 334 g/mol. The van der Waals surface area contributed by atoms with Crippen molar-refractivity contribution >= 4 is 15.8 Å². The predicted molar refractivity (Wildman–Crippen MR) is 88.0 cm³/mol. The summed E-state index contributed by atoms with van der Waals surface area (Å²) in [5, 5.41) is 11.1. The van der Waals surface area contributed by atoms with Crippen molar-refractivity contribution in [3.63, 3.8) is 0 Å². The van der Waals surface area contributed by atoms with Crippen LogP contribution in [0.2, 0.25) is 0 Å². The Morgan fingerprint density at radius 2 is 1.62 bits per heavy atom. The molecule has 24 heavy (non-hydrogen) atoms. The van der Waals surface area contributed by atoms with Gasteiger partial charge >= 0.3 is 10.1 Å². The van der Waals surface area contributed by atoms with Crippen molar-refractivity contribution in [3.8, 4) is 11.5 Å². The number of nitro groups is 1. The summed E-state index contributed by atoms with van der Waals surface area (Å²) in [6.07, 6.45) is 0. The Balaban J connectivity index is 2.38. The van der Waals surface area contributed by atoms with Gasteiger partial charge in [0.1, 0.15) is 11.5 Å². The van der Waals surface area contributed by atoms with Gasteiger partial charge in [0.25, 0.3) is 5.69 Å². The molecule has 0 N–H and O–H groups in total. The molecule has 0 aromatic heterocycles. The van der Waals surface area contributed by atoms with Crippen molar-refractivity contribution in [2.24, 2.45) is 0 Å². The van der Waals surface area contributed by atoms with Crippen LogP contribution in [0, 0.1) is 10.1 Å². The van der Waals surface area contributed by atoms with E-state index >= 15 is 0 Å². The van der Waals surface area contributed by atoms with Gasteiger partial charge in [-0.05, 0) is 35.7 Å². The molecule has 0 heterocycles. The molecule has 7 nitrogen and oxygen atoms in total. The zero-order chi connectivity index (χ0) is 17.9. The smallest absolute Gasteiger partial charge is 0.346 e. The fraction of sp³-hybridized carbons (Fsp3) is 0.250. The molecule has 0 unspecified atom stereocenters. The van der Waals surface area contributed by atoms with E-state index in [9.17, 15) is 18.5 Å². The van der Waals surface area contributed by atoms with Gasteiger partial charge in [0.2, 0.25) is 0 Å². The van der Waals surface area contributed by atoms with Gasteiger partial charge in [-0.15, -0.1) is 0 Å². The lowest BCUT2D eigenvalue weighted by Crippen LogP contribution is -2.12. The molecule has 0 saturated carbocycles. The van der Waals surface area contributed by atoms with E-state index < -0.39 is 25.6 Å². The van der Waals surface area contributed by atoms with E-state index in [1.807, 2.05) is 13.8 Å². The van der Waals surface area contributed by atoms with Crippen LogP contribution in [0.4, 0.5) is 5.69 Å². The van der Waals surface area contributed by atoms with Gasteiger partial charge in [-0.1, -0.05) is 26.0 Å². The SMILES string of the molecule is COc1ccc(S(=O)(=O)Oc2ccc(C(C)C)cc2)c([N+](=O)[O-])c1. The zero-order valence-electron chi connectivity index (χ0n) is 13.4. The van der Waals surface area contributed by atoms with Crippen molar-refractivity contribution < 1.29 is 22.3 Å². The highest BCUT2D eigenvalue weighted by molar-refractivity contribution is 7.87. The zero-order valence-corrected chi connectivity index (χ0v) is 14.2. The van der Waals surface area contributed by atoms with Gasteiger partial charge in [-0.25, -0.2) is 0 Å². The first-order valence-electron chi connectivity index (χ1n) is 7.11. The third-order valence-corrected chi connectivity index (χ3v) is 4.68. The number of methoxy groups -OCH3 is 1. The maximum absolute atomic E-state index is 12.4. The van der Waals surface area contributed by atoms with Gasteiger partial charge in [-0.3, -0.25) is 10.1 Å². The first-order chi connectivity index (χ1) is 11.2. The lowest BCUT2D eigenvalue weighted by molar-refractivity contribution is -0.388. The van der Waals surface area contributed by atoms with Crippen LogP contribution in [-0.4, -0.2) is 20.5 Å². The first kappa shape index (κ1) is 17.7. The number of nitro benzene ring substituents is 1. The molecule has 2 aromatic rings. The second-order valence-corrected chi connectivity index (χ2v) is 6.87. The normalized spacial score (nSPS) is 11.3. The fourth-order valence-corrected chi connectivity index (χ4v) is 3.14. The lowest BCUT2D eigenvalue weighted by atomic mass is 10.0. The fourth-order valence-electron chi connectivity index (χ4n) is 2.06. The van der Waals surface area contributed by atoms with E-state index in [1.54, 1.807) is 12.1 Å². The molecule has 0 bridgehead atoms. The van der Waals surface area contributed by atoms with E-state index in [1.165, 1.54) is 25.3 Å².